The van der Waals surface area contributed by atoms with Crippen LogP contribution in [0.1, 0.15) is 10.4 Å². The maximum atomic E-state index is 12.3. The molecule has 9 nitrogen and oxygen atoms in total. The number of carbonyl (C=O) groups excluding carboxylic acids is 2. The maximum Gasteiger partial charge on any atom is 0.339 e. The fourth-order valence-electron chi connectivity index (χ4n) is 2.55. The molecule has 0 saturated carbocycles. The van der Waals surface area contributed by atoms with Gasteiger partial charge in [-0.1, -0.05) is 23.9 Å². The monoisotopic (exact) mass is 429 g/mol. The molecule has 1 heterocycles. The molecule has 0 spiro atoms. The summed E-state index contributed by atoms with van der Waals surface area (Å²) in [6.45, 7) is 0. The number of amides is 1. The number of hydrogen-bond acceptors (Lipinski definition) is 9. The summed E-state index contributed by atoms with van der Waals surface area (Å²) in [5.74, 6) is 0.556. The molecule has 0 bridgehead atoms. The topological polar surface area (TPSA) is 113 Å². The van der Waals surface area contributed by atoms with Crippen LogP contribution in [0, 0.1) is 0 Å². The minimum absolute atomic E-state index is 0.0169. The van der Waals surface area contributed by atoms with E-state index in [0.717, 1.165) is 11.8 Å². The third-order valence-electron chi connectivity index (χ3n) is 3.97. The molecule has 3 rings (SSSR count). The number of hydrogen-bond donors (Lipinski definition) is 1. The van der Waals surface area contributed by atoms with E-state index in [9.17, 15) is 9.59 Å². The molecule has 1 amide bonds. The zero-order chi connectivity index (χ0) is 21.5. The van der Waals surface area contributed by atoms with Crippen molar-refractivity contribution in [3.63, 3.8) is 0 Å². The van der Waals surface area contributed by atoms with Gasteiger partial charge in [0.2, 0.25) is 11.8 Å². The highest BCUT2D eigenvalue weighted by molar-refractivity contribution is 7.99. The van der Waals surface area contributed by atoms with E-state index in [4.69, 9.17) is 18.6 Å². The van der Waals surface area contributed by atoms with E-state index in [1.807, 2.05) is 0 Å². The average molecular weight is 429 g/mol. The number of nitrogens with one attached hydrogen (secondary N) is 1. The molecular weight excluding hydrogens is 410 g/mol. The predicted octanol–water partition coefficient (Wildman–Crippen LogP) is 3.27. The molecule has 2 aromatic carbocycles. The second kappa shape index (κ2) is 9.79. The van der Waals surface area contributed by atoms with Crippen LogP contribution in [-0.4, -0.2) is 49.2 Å². The van der Waals surface area contributed by atoms with Gasteiger partial charge in [0.25, 0.3) is 5.22 Å². The van der Waals surface area contributed by atoms with Gasteiger partial charge in [-0.15, -0.1) is 10.2 Å². The van der Waals surface area contributed by atoms with E-state index in [0.29, 0.717) is 22.7 Å². The zero-order valence-corrected chi connectivity index (χ0v) is 17.3. The Hall–Kier alpha value is -3.53. The summed E-state index contributed by atoms with van der Waals surface area (Å²) in [6, 6.07) is 11.8. The third-order valence-corrected chi connectivity index (χ3v) is 4.79. The Morgan fingerprint density at radius 3 is 2.53 bits per heavy atom. The van der Waals surface area contributed by atoms with E-state index in [1.54, 1.807) is 49.6 Å². The van der Waals surface area contributed by atoms with Crippen molar-refractivity contribution in [2.45, 2.75) is 5.22 Å². The van der Waals surface area contributed by atoms with E-state index in [1.165, 1.54) is 14.2 Å². The van der Waals surface area contributed by atoms with Gasteiger partial charge in [0.1, 0.15) is 0 Å². The SMILES string of the molecule is COC(=O)c1ccccc1NC(=O)CSc1nnc(-c2ccc(OC)c(OC)c2)o1. The molecule has 10 heteroatoms. The molecule has 0 fully saturated rings. The number of aromatic nitrogens is 2. The number of esters is 1. The Bertz CT molecular complexity index is 1050. The summed E-state index contributed by atoms with van der Waals surface area (Å²) in [7, 11) is 4.36. The molecule has 0 saturated heterocycles. The van der Waals surface area contributed by atoms with Crippen LogP contribution in [0.2, 0.25) is 0 Å². The highest BCUT2D eigenvalue weighted by atomic mass is 32.2. The van der Waals surface area contributed by atoms with Crippen molar-refractivity contribution >= 4 is 29.3 Å². The molecule has 0 unspecified atom stereocenters. The van der Waals surface area contributed by atoms with Crippen LogP contribution in [0.25, 0.3) is 11.5 Å². The molecule has 1 aromatic heterocycles. The minimum Gasteiger partial charge on any atom is -0.493 e. The lowest BCUT2D eigenvalue weighted by Crippen LogP contribution is -2.17. The highest BCUT2D eigenvalue weighted by Crippen LogP contribution is 2.32. The zero-order valence-electron chi connectivity index (χ0n) is 16.5. The number of benzene rings is 2. The highest BCUT2D eigenvalue weighted by Gasteiger charge is 2.16. The lowest BCUT2D eigenvalue weighted by atomic mass is 10.2. The normalized spacial score (nSPS) is 10.4. The van der Waals surface area contributed by atoms with E-state index >= 15 is 0 Å². The number of para-hydroxylation sites is 1. The molecule has 0 aliphatic heterocycles. The number of rotatable bonds is 8. The first-order chi connectivity index (χ1) is 14.5. The van der Waals surface area contributed by atoms with Gasteiger partial charge >= 0.3 is 5.97 Å². The standard InChI is InChI=1S/C20H19N3O6S/c1-26-15-9-8-12(10-16(15)27-2)18-22-23-20(29-18)30-11-17(24)21-14-7-5-4-6-13(14)19(25)28-3/h4-10H,11H2,1-3H3,(H,21,24). The van der Waals surface area contributed by atoms with E-state index in [2.05, 4.69) is 15.5 Å². The van der Waals surface area contributed by atoms with Crippen LogP contribution in [-0.2, 0) is 9.53 Å². The Morgan fingerprint density at radius 2 is 1.80 bits per heavy atom. The average Bonchev–Trinajstić information content (AvgIpc) is 3.26. The number of carbonyl (C=O) groups is 2. The Labute approximate surface area is 176 Å². The molecule has 0 radical (unpaired) electrons. The van der Waals surface area contributed by atoms with Crippen molar-refractivity contribution < 1.29 is 28.2 Å². The van der Waals surface area contributed by atoms with E-state index < -0.39 is 5.97 Å². The molecule has 0 aliphatic carbocycles. The van der Waals surface area contributed by atoms with E-state index in [-0.39, 0.29) is 28.3 Å². The summed E-state index contributed by atoms with van der Waals surface area (Å²) >= 11 is 1.08. The summed E-state index contributed by atoms with van der Waals surface area (Å²) in [5, 5.41) is 10.9. The van der Waals surface area contributed by atoms with Gasteiger partial charge in [0, 0.05) is 5.56 Å². The summed E-state index contributed by atoms with van der Waals surface area (Å²) in [4.78, 5) is 24.1. The van der Waals surface area contributed by atoms with Crippen LogP contribution < -0.4 is 14.8 Å². The largest absolute Gasteiger partial charge is 0.493 e. The van der Waals surface area contributed by atoms with Crippen LogP contribution in [0.5, 0.6) is 11.5 Å². The predicted molar refractivity (Wildman–Crippen MR) is 110 cm³/mol. The van der Waals surface area contributed by atoms with Crippen molar-refractivity contribution in [3.8, 4) is 23.0 Å². The van der Waals surface area contributed by atoms with Gasteiger partial charge < -0.3 is 23.9 Å². The van der Waals surface area contributed by atoms with Crippen LogP contribution in [0.3, 0.4) is 0 Å². The number of ether oxygens (including phenoxy) is 3. The number of anilines is 1. The third kappa shape index (κ3) is 4.90. The second-order valence-electron chi connectivity index (χ2n) is 5.82. The van der Waals surface area contributed by atoms with Crippen molar-refractivity contribution in [1.29, 1.82) is 0 Å². The minimum atomic E-state index is -0.532. The van der Waals surface area contributed by atoms with Crippen molar-refractivity contribution in [2.24, 2.45) is 0 Å². The van der Waals surface area contributed by atoms with Crippen molar-refractivity contribution in [2.75, 3.05) is 32.4 Å². The lowest BCUT2D eigenvalue weighted by Gasteiger charge is -2.08. The molecule has 156 valence electrons. The molecule has 0 atom stereocenters. The quantitative estimate of drug-likeness (QED) is 0.426. The maximum absolute atomic E-state index is 12.3. The molecular formula is C20H19N3O6S. The Balaban J connectivity index is 1.64. The molecule has 30 heavy (non-hydrogen) atoms. The fourth-order valence-corrected chi connectivity index (χ4v) is 3.11. The number of thioether (sulfide) groups is 1. The van der Waals surface area contributed by atoms with Gasteiger partial charge in [-0.25, -0.2) is 4.79 Å². The van der Waals surface area contributed by atoms with Crippen molar-refractivity contribution in [1.82, 2.24) is 10.2 Å². The first-order valence-corrected chi connectivity index (χ1v) is 9.70. The van der Waals surface area contributed by atoms with Gasteiger partial charge in [-0.2, -0.15) is 0 Å². The van der Waals surface area contributed by atoms with Crippen LogP contribution in [0.4, 0.5) is 5.69 Å². The van der Waals surface area contributed by atoms with Crippen LogP contribution in [0.15, 0.2) is 52.1 Å². The first-order valence-electron chi connectivity index (χ1n) is 8.71. The van der Waals surface area contributed by atoms with Gasteiger partial charge in [0.05, 0.1) is 38.3 Å². The summed E-state index contributed by atoms with van der Waals surface area (Å²) < 4.78 is 20.8. The molecule has 1 N–H and O–H groups in total. The first kappa shape index (κ1) is 21.2. The number of nitrogens with zero attached hydrogens (tertiary/aromatic N) is 2. The van der Waals surface area contributed by atoms with Crippen LogP contribution >= 0.6 is 11.8 Å². The van der Waals surface area contributed by atoms with Gasteiger partial charge in [-0.05, 0) is 30.3 Å². The Morgan fingerprint density at radius 1 is 1.03 bits per heavy atom. The molecule has 0 aliphatic rings. The summed E-state index contributed by atoms with van der Waals surface area (Å²) in [5.41, 5.74) is 1.29. The van der Waals surface area contributed by atoms with Gasteiger partial charge in [0.15, 0.2) is 11.5 Å². The number of methoxy groups -OCH3 is 3. The Kier molecular flexibility index (Phi) is 6.91. The van der Waals surface area contributed by atoms with Crippen molar-refractivity contribution in [3.05, 3.63) is 48.0 Å². The summed E-state index contributed by atoms with van der Waals surface area (Å²) in [6.07, 6.45) is 0. The lowest BCUT2D eigenvalue weighted by molar-refractivity contribution is -0.113. The smallest absolute Gasteiger partial charge is 0.339 e. The fraction of sp³-hybridized carbons (Fsp3) is 0.200. The van der Waals surface area contributed by atoms with Gasteiger partial charge in [-0.3, -0.25) is 4.79 Å². The second-order valence-corrected chi connectivity index (χ2v) is 6.74. The molecule has 3 aromatic rings.